The minimum atomic E-state index is -3.61. The summed E-state index contributed by atoms with van der Waals surface area (Å²) < 4.78 is 82.7. The summed E-state index contributed by atoms with van der Waals surface area (Å²) in [5.41, 5.74) is 18.3. The second kappa shape index (κ2) is 57.4. The van der Waals surface area contributed by atoms with Crippen LogP contribution in [-0.4, -0.2) is 93.9 Å². The van der Waals surface area contributed by atoms with Crippen LogP contribution in [0.2, 0.25) is 0 Å². The van der Waals surface area contributed by atoms with E-state index >= 15 is 0 Å². The number of ether oxygens (including phenoxy) is 9. The lowest BCUT2D eigenvalue weighted by Gasteiger charge is -2.39. The van der Waals surface area contributed by atoms with Crippen molar-refractivity contribution in [2.75, 3.05) is 58.0 Å². The first kappa shape index (κ1) is 117. The fourth-order valence-electron chi connectivity index (χ4n) is 19.3. The molecule has 0 saturated carbocycles. The summed E-state index contributed by atoms with van der Waals surface area (Å²) in [5.74, 6) is 10.0. The number of methoxy groups -OCH3 is 1. The van der Waals surface area contributed by atoms with Crippen molar-refractivity contribution in [2.24, 2.45) is 17.8 Å². The number of carbonyl (C=O) groups is 1. The number of aryl methyl sites for hydroxylation is 5. The first-order chi connectivity index (χ1) is 65.0. The number of anilines is 1. The van der Waals surface area contributed by atoms with Crippen LogP contribution in [0.5, 0.6) is 63.2 Å². The van der Waals surface area contributed by atoms with Gasteiger partial charge in [0.2, 0.25) is 0 Å². The number of phenols is 3. The summed E-state index contributed by atoms with van der Waals surface area (Å²) in [4.78, 5) is 12.1. The van der Waals surface area contributed by atoms with E-state index < -0.39 is 22.2 Å². The number of nitrogens with one attached hydrogen (secondary N) is 1. The van der Waals surface area contributed by atoms with Crippen LogP contribution in [-0.2, 0) is 45.6 Å². The standard InChI is InChI=1S/C33H48O4.C26H46O2.C25H43NO6S.C20H26O2.C15H22O2/c1-9-13-34-27-17-23-25(19-29(27)36-15-11-3)33(21-31(23,5)6)22-32(7,8)24-18-28(35-14-10-2)30(20-26(24)33)37-16-12-4;1-8-12-14-21(10-3)19-27-24-17-16-23(26(5,6)7)18-25(24)28-20-22(11-4)15-13-9-2;1-4-6-8-9-10-11-12-13-14-15-16-24(25(27)30-3)31-23-19-17-22(18-20-23)26-32-33(28,29)21-7-5-2;1-6-7-16(17-8-14(4)19(21)10-12(17)2)18-9-15(5)20(22)11-13(18)3;1-9(2)12-8-15(4,5)17-14-6-10(3)13(16)7-11(12)14/h17-20H,9-16,21-22H2,1-8H3;16-18,21-22H,8-15,19-20H2,1-7H3;17-20,24,26H,4-16,21H2,1-3H3;8-11,16,21-22H,6-7H2,1-5H3;6-7,9,12,16H,8H2,1-5H3. The van der Waals surface area contributed by atoms with Crippen LogP contribution in [0, 0.1) is 52.4 Å². The van der Waals surface area contributed by atoms with Gasteiger partial charge < -0.3 is 58.0 Å². The second-order valence-corrected chi connectivity index (χ2v) is 44.2. The Kier molecular flexibility index (Phi) is 49.1. The highest BCUT2D eigenvalue weighted by Crippen LogP contribution is 2.65. The molecule has 0 fully saturated rings. The number of phenolic OH excluding ortho intramolecular Hbond substituents is 3. The number of benzene rings is 7. The topological polar surface area (TPSA) is 216 Å². The molecule has 4 N–H and O–H groups in total. The van der Waals surface area contributed by atoms with Gasteiger partial charge in [-0.15, -0.1) is 0 Å². The molecule has 0 amide bonds. The Morgan fingerprint density at radius 2 is 0.883 bits per heavy atom. The molecule has 0 bridgehead atoms. The minimum absolute atomic E-state index is 0.0163. The van der Waals surface area contributed by atoms with Gasteiger partial charge >= 0.3 is 5.97 Å². The first-order valence-electron chi connectivity index (χ1n) is 53.0. The van der Waals surface area contributed by atoms with Crippen molar-refractivity contribution in [3.05, 3.63) is 175 Å². The molecule has 7 aromatic carbocycles. The number of hydrogen-bond acceptors (Lipinski definition) is 17. The molecular weight excluding hydrogens is 1730 g/mol. The summed E-state index contributed by atoms with van der Waals surface area (Å²) in [6.07, 6.45) is 32.6. The summed E-state index contributed by atoms with van der Waals surface area (Å²) in [6.45, 7) is 63.2. The van der Waals surface area contributed by atoms with Crippen LogP contribution in [0.4, 0.5) is 5.69 Å². The molecule has 18 heteroatoms. The number of aromatic hydroxyl groups is 3. The highest BCUT2D eigenvalue weighted by molar-refractivity contribution is 7.86. The fraction of sp³-hybridized carbons (Fsp3) is 0.639. The number of fused-ring (bicyclic) bond motifs is 5. The third-order valence-corrected chi connectivity index (χ3v) is 28.5. The summed E-state index contributed by atoms with van der Waals surface area (Å²) >= 11 is 0. The van der Waals surface area contributed by atoms with Crippen molar-refractivity contribution >= 4 is 21.8 Å². The van der Waals surface area contributed by atoms with Crippen molar-refractivity contribution in [3.63, 3.8) is 0 Å². The smallest absolute Gasteiger partial charge is 0.347 e. The van der Waals surface area contributed by atoms with Gasteiger partial charge in [-0.05, 0) is 324 Å². The van der Waals surface area contributed by atoms with E-state index in [1.54, 1.807) is 24.3 Å². The lowest BCUT2D eigenvalue weighted by molar-refractivity contribution is -0.149. The molecule has 4 atom stereocenters. The van der Waals surface area contributed by atoms with Gasteiger partial charge in [-0.2, -0.15) is 12.7 Å². The minimum Gasteiger partial charge on any atom is -0.508 e. The highest BCUT2D eigenvalue weighted by atomic mass is 32.2. The Morgan fingerprint density at radius 1 is 0.460 bits per heavy atom. The van der Waals surface area contributed by atoms with Gasteiger partial charge in [0.05, 0.1) is 58.2 Å². The van der Waals surface area contributed by atoms with E-state index in [0.29, 0.717) is 97.5 Å². The zero-order valence-corrected chi connectivity index (χ0v) is 91.3. The van der Waals surface area contributed by atoms with Crippen molar-refractivity contribution in [1.82, 2.24) is 0 Å². The van der Waals surface area contributed by atoms with Crippen molar-refractivity contribution in [1.29, 1.82) is 0 Å². The Balaban J connectivity index is 0.000000269. The third kappa shape index (κ3) is 35.9. The Morgan fingerprint density at radius 3 is 1.31 bits per heavy atom. The second-order valence-electron chi connectivity index (χ2n) is 42.5. The van der Waals surface area contributed by atoms with Crippen LogP contribution < -0.4 is 43.4 Å². The molecule has 137 heavy (non-hydrogen) atoms. The Bertz CT molecular complexity index is 4720. The van der Waals surface area contributed by atoms with E-state index in [1.807, 2.05) is 52.0 Å². The lowest BCUT2D eigenvalue weighted by atomic mass is 9.72. The van der Waals surface area contributed by atoms with Gasteiger partial charge in [-0.1, -0.05) is 266 Å². The van der Waals surface area contributed by atoms with E-state index in [9.17, 15) is 28.5 Å². The average molecular weight is 1920 g/mol. The maximum atomic E-state index is 12.1. The zero-order chi connectivity index (χ0) is 101. The van der Waals surface area contributed by atoms with Crippen molar-refractivity contribution in [2.45, 2.75) is 425 Å². The summed E-state index contributed by atoms with van der Waals surface area (Å²) in [6, 6.07) is 34.1. The van der Waals surface area contributed by atoms with Gasteiger partial charge in [0.25, 0.3) is 10.1 Å². The molecule has 7 aromatic rings. The number of hydrogen-bond donors (Lipinski definition) is 4. The fourth-order valence-corrected chi connectivity index (χ4v) is 20.2. The molecular formula is C119H185NO16S. The molecule has 768 valence electrons. The zero-order valence-electron chi connectivity index (χ0n) is 90.5. The highest BCUT2D eigenvalue weighted by Gasteiger charge is 2.57. The van der Waals surface area contributed by atoms with Crippen LogP contribution in [0.1, 0.15) is 429 Å². The third-order valence-electron chi connectivity index (χ3n) is 27.4. The Hall–Kier alpha value is -8.48. The molecule has 17 nitrogen and oxygen atoms in total. The number of carbonyl (C=O) groups excluding carboxylic acids is 1. The van der Waals surface area contributed by atoms with Crippen LogP contribution in [0.25, 0.3) is 0 Å². The maximum absolute atomic E-state index is 12.1. The van der Waals surface area contributed by atoms with Gasteiger partial charge in [0.15, 0.2) is 40.6 Å². The van der Waals surface area contributed by atoms with E-state index in [1.165, 1.54) is 149 Å². The van der Waals surface area contributed by atoms with Crippen LogP contribution in [0.3, 0.4) is 0 Å². The van der Waals surface area contributed by atoms with Crippen molar-refractivity contribution in [3.8, 4) is 63.2 Å². The average Bonchev–Trinajstić information content (AvgIpc) is 1.52. The van der Waals surface area contributed by atoms with Gasteiger partial charge in [-0.25, -0.2) is 10.3 Å². The molecule has 4 unspecified atom stereocenters. The predicted octanol–water partition coefficient (Wildman–Crippen LogP) is 32.3. The quantitative estimate of drug-likeness (QED) is 0.0158. The van der Waals surface area contributed by atoms with E-state index in [0.717, 1.165) is 164 Å². The predicted molar refractivity (Wildman–Crippen MR) is 569 cm³/mol. The van der Waals surface area contributed by atoms with E-state index in [-0.39, 0.29) is 33.0 Å². The van der Waals surface area contributed by atoms with Crippen LogP contribution >= 0.6 is 0 Å². The van der Waals surface area contributed by atoms with Crippen molar-refractivity contribution < 1.29 is 75.4 Å². The molecule has 3 aliphatic rings. The van der Waals surface area contributed by atoms with Gasteiger partial charge in [-0.3, -0.25) is 0 Å². The molecule has 1 heterocycles. The maximum Gasteiger partial charge on any atom is 0.347 e. The Labute approximate surface area is 831 Å². The first-order valence-corrected chi connectivity index (χ1v) is 54.6. The largest absolute Gasteiger partial charge is 0.508 e. The number of esters is 1. The number of rotatable bonds is 51. The molecule has 0 saturated heterocycles. The van der Waals surface area contributed by atoms with Gasteiger partial charge in [0.1, 0.15) is 34.3 Å². The molecule has 1 spiro atoms. The lowest BCUT2D eigenvalue weighted by Crippen LogP contribution is -2.36. The molecule has 0 aromatic heterocycles. The molecule has 2 aliphatic carbocycles. The monoisotopic (exact) mass is 1920 g/mol. The molecule has 0 radical (unpaired) electrons. The van der Waals surface area contributed by atoms with Crippen LogP contribution in [0.15, 0.2) is 103 Å². The normalized spacial score (nSPS) is 15.2. The molecule has 10 rings (SSSR count). The summed E-state index contributed by atoms with van der Waals surface area (Å²) in [5, 5.41) is 29.7. The van der Waals surface area contributed by atoms with E-state index in [2.05, 4.69) is 219 Å². The van der Waals surface area contributed by atoms with Gasteiger partial charge in [0, 0.05) is 16.9 Å². The number of unbranched alkanes of at least 4 members (excludes halogenated alkanes) is 12. The SMILES string of the molecule is CCCC(c1cc(C)c(O)cc1C)c1cc(C)c(O)cc1C.CCCCC(CC)COc1ccc(C(C)(C)C)cc1OCC(CC)CCCC.CCCCCCCCCCCCC(Oc1ccc(NOS(=O)(=O)CCCC)cc1)C(=O)OC.CCCOc1cc2c(cc1OCCC)C1(CC2(C)C)CC(C)(C)c2cc(OCCC)c(OCCC)cc21.Cc1cc2c(cc1O)C(C(C)C)CC(C)(C)O2. The van der Waals surface area contributed by atoms with E-state index in [4.69, 9.17) is 46.9 Å². The summed E-state index contributed by atoms with van der Waals surface area (Å²) in [7, 11) is -2.25. The molecule has 1 aliphatic heterocycles.